The van der Waals surface area contributed by atoms with Crippen molar-refractivity contribution >= 4 is 28.7 Å². The largest absolute Gasteiger partial charge is 0.456 e. The molecule has 1 heterocycles. The number of hydrogen-bond donors (Lipinski definition) is 1. The SMILES string of the molecule is CCCCc1nc2ccc(NC(=O)N(C)C)cc2n1Cc1ccc(-c2ccccc2C(=O)OC(C)(C)C)cc1. The molecule has 0 fully saturated rings. The second kappa shape index (κ2) is 11.7. The van der Waals surface area contributed by atoms with Crippen molar-refractivity contribution in [3.8, 4) is 11.1 Å². The fourth-order valence-corrected chi connectivity index (χ4v) is 4.41. The Hall–Kier alpha value is -4.13. The minimum absolute atomic E-state index is 0.172. The number of anilines is 1. The van der Waals surface area contributed by atoms with Crippen molar-refractivity contribution in [1.29, 1.82) is 0 Å². The van der Waals surface area contributed by atoms with Crippen LogP contribution in [-0.2, 0) is 17.7 Å². The normalized spacial score (nSPS) is 11.4. The van der Waals surface area contributed by atoms with E-state index in [1.54, 1.807) is 14.1 Å². The highest BCUT2D eigenvalue weighted by Gasteiger charge is 2.21. The van der Waals surface area contributed by atoms with E-state index in [9.17, 15) is 9.59 Å². The summed E-state index contributed by atoms with van der Waals surface area (Å²) >= 11 is 0. The smallest absolute Gasteiger partial charge is 0.339 e. The number of carbonyl (C=O) groups excluding carboxylic acids is 2. The van der Waals surface area contributed by atoms with Crippen LogP contribution < -0.4 is 5.32 Å². The van der Waals surface area contributed by atoms with Gasteiger partial charge in [0.1, 0.15) is 11.4 Å². The summed E-state index contributed by atoms with van der Waals surface area (Å²) in [6, 6.07) is 21.5. The number of fused-ring (bicyclic) bond motifs is 1. The van der Waals surface area contributed by atoms with Crippen LogP contribution in [0, 0.1) is 0 Å². The molecule has 0 aliphatic rings. The first kappa shape index (κ1) is 27.9. The molecule has 0 unspecified atom stereocenters. The number of imidazole rings is 1. The molecule has 39 heavy (non-hydrogen) atoms. The standard InChI is InChI=1S/C32H38N4O3/c1-7-8-13-29-34-27-19-18-24(33-31(38)35(5)6)20-28(27)36(29)21-22-14-16-23(17-15-22)25-11-9-10-12-26(25)30(37)39-32(2,3)4/h9-12,14-20H,7-8,13,21H2,1-6H3,(H,33,38). The minimum atomic E-state index is -0.563. The van der Waals surface area contributed by atoms with Crippen LogP contribution >= 0.6 is 0 Å². The Labute approximate surface area is 230 Å². The molecule has 0 saturated heterocycles. The van der Waals surface area contributed by atoms with Crippen LogP contribution in [0.3, 0.4) is 0 Å². The summed E-state index contributed by atoms with van der Waals surface area (Å²) in [5.74, 6) is 0.701. The number of rotatable bonds is 8. The van der Waals surface area contributed by atoms with Gasteiger partial charge in [0.15, 0.2) is 0 Å². The summed E-state index contributed by atoms with van der Waals surface area (Å²) < 4.78 is 7.87. The molecule has 0 atom stereocenters. The molecule has 3 aromatic carbocycles. The van der Waals surface area contributed by atoms with Crippen molar-refractivity contribution in [2.45, 2.75) is 59.1 Å². The van der Waals surface area contributed by atoms with Gasteiger partial charge in [-0.1, -0.05) is 55.8 Å². The fourth-order valence-electron chi connectivity index (χ4n) is 4.41. The molecule has 7 nitrogen and oxygen atoms in total. The molecule has 4 aromatic rings. The molecule has 204 valence electrons. The van der Waals surface area contributed by atoms with Gasteiger partial charge in [0.2, 0.25) is 0 Å². The van der Waals surface area contributed by atoms with E-state index in [1.807, 2.05) is 75.4 Å². The van der Waals surface area contributed by atoms with E-state index in [0.717, 1.165) is 58.5 Å². The molecule has 0 saturated carbocycles. The highest BCUT2D eigenvalue weighted by Crippen LogP contribution is 2.28. The fraction of sp³-hybridized carbons (Fsp3) is 0.344. The van der Waals surface area contributed by atoms with Crippen molar-refractivity contribution in [3.05, 3.63) is 83.7 Å². The van der Waals surface area contributed by atoms with Crippen molar-refractivity contribution < 1.29 is 14.3 Å². The van der Waals surface area contributed by atoms with Gasteiger partial charge in [-0.15, -0.1) is 0 Å². The summed E-state index contributed by atoms with van der Waals surface area (Å²) in [6.07, 6.45) is 3.01. The van der Waals surface area contributed by atoms with Crippen molar-refractivity contribution in [2.75, 3.05) is 19.4 Å². The number of ether oxygens (including phenoxy) is 1. The van der Waals surface area contributed by atoms with Gasteiger partial charge in [-0.3, -0.25) is 0 Å². The van der Waals surface area contributed by atoms with E-state index in [2.05, 4.69) is 28.9 Å². The zero-order chi connectivity index (χ0) is 28.2. The Bertz CT molecular complexity index is 1460. The number of benzene rings is 3. The van der Waals surface area contributed by atoms with E-state index in [4.69, 9.17) is 9.72 Å². The Morgan fingerprint density at radius 2 is 1.72 bits per heavy atom. The molecule has 1 aromatic heterocycles. The predicted molar refractivity (Wildman–Crippen MR) is 157 cm³/mol. The van der Waals surface area contributed by atoms with Crippen LogP contribution in [0.2, 0.25) is 0 Å². The third-order valence-electron chi connectivity index (χ3n) is 6.39. The molecule has 1 N–H and O–H groups in total. The Morgan fingerprint density at radius 3 is 2.38 bits per heavy atom. The van der Waals surface area contributed by atoms with E-state index in [0.29, 0.717) is 12.1 Å². The molecule has 0 radical (unpaired) electrons. The van der Waals surface area contributed by atoms with E-state index >= 15 is 0 Å². The van der Waals surface area contributed by atoms with Crippen LogP contribution in [0.15, 0.2) is 66.7 Å². The maximum Gasteiger partial charge on any atom is 0.339 e. The van der Waals surface area contributed by atoms with E-state index < -0.39 is 5.60 Å². The monoisotopic (exact) mass is 526 g/mol. The van der Waals surface area contributed by atoms with Crippen molar-refractivity contribution in [1.82, 2.24) is 14.5 Å². The summed E-state index contributed by atoms with van der Waals surface area (Å²) in [4.78, 5) is 31.5. The molecule has 0 aliphatic heterocycles. The van der Waals surface area contributed by atoms with Gasteiger partial charge in [0.05, 0.1) is 16.6 Å². The quantitative estimate of drug-likeness (QED) is 0.248. The van der Waals surface area contributed by atoms with Crippen LogP contribution in [0.5, 0.6) is 0 Å². The third-order valence-corrected chi connectivity index (χ3v) is 6.39. The zero-order valence-corrected chi connectivity index (χ0v) is 23.7. The summed E-state index contributed by atoms with van der Waals surface area (Å²) in [5.41, 5.74) is 5.53. The number of nitrogens with one attached hydrogen (secondary N) is 1. The Morgan fingerprint density at radius 1 is 1.00 bits per heavy atom. The van der Waals surface area contributed by atoms with Gasteiger partial charge in [0.25, 0.3) is 0 Å². The lowest BCUT2D eigenvalue weighted by Gasteiger charge is -2.20. The Balaban J connectivity index is 1.65. The molecular formula is C32H38N4O3. The number of carbonyl (C=O) groups is 2. The van der Waals surface area contributed by atoms with E-state index in [1.165, 1.54) is 4.90 Å². The van der Waals surface area contributed by atoms with Gasteiger partial charge in [-0.05, 0) is 68.1 Å². The first-order valence-electron chi connectivity index (χ1n) is 13.4. The molecule has 0 spiro atoms. The highest BCUT2D eigenvalue weighted by atomic mass is 16.6. The van der Waals surface area contributed by atoms with Crippen LogP contribution in [0.4, 0.5) is 10.5 Å². The van der Waals surface area contributed by atoms with Crippen molar-refractivity contribution in [3.63, 3.8) is 0 Å². The number of amides is 2. The maximum absolute atomic E-state index is 12.9. The average molecular weight is 527 g/mol. The van der Waals surface area contributed by atoms with Gasteiger partial charge in [-0.25, -0.2) is 14.6 Å². The zero-order valence-electron chi connectivity index (χ0n) is 23.7. The first-order valence-corrected chi connectivity index (χ1v) is 13.4. The number of hydrogen-bond acceptors (Lipinski definition) is 4. The van der Waals surface area contributed by atoms with Gasteiger partial charge >= 0.3 is 12.0 Å². The van der Waals surface area contributed by atoms with Crippen molar-refractivity contribution in [2.24, 2.45) is 0 Å². The molecular weight excluding hydrogens is 488 g/mol. The topological polar surface area (TPSA) is 76.5 Å². The Kier molecular flexibility index (Phi) is 8.38. The number of esters is 1. The molecule has 2 amide bonds. The first-order chi connectivity index (χ1) is 18.6. The molecule has 0 bridgehead atoms. The summed E-state index contributed by atoms with van der Waals surface area (Å²) in [7, 11) is 3.44. The predicted octanol–water partition coefficient (Wildman–Crippen LogP) is 7.14. The molecule has 7 heteroatoms. The lowest BCUT2D eigenvalue weighted by atomic mass is 9.98. The minimum Gasteiger partial charge on any atom is -0.456 e. The second-order valence-corrected chi connectivity index (χ2v) is 11.0. The maximum atomic E-state index is 12.9. The van der Waals surface area contributed by atoms with Gasteiger partial charge in [-0.2, -0.15) is 0 Å². The number of aryl methyl sites for hydroxylation is 1. The average Bonchev–Trinajstić information content (AvgIpc) is 3.23. The molecule has 0 aliphatic carbocycles. The van der Waals surface area contributed by atoms with Gasteiger partial charge < -0.3 is 19.5 Å². The lowest BCUT2D eigenvalue weighted by Crippen LogP contribution is -2.27. The van der Waals surface area contributed by atoms with Gasteiger partial charge in [0, 0.05) is 32.7 Å². The van der Waals surface area contributed by atoms with Crippen LogP contribution in [-0.4, -0.2) is 46.1 Å². The second-order valence-electron chi connectivity index (χ2n) is 11.0. The molecule has 4 rings (SSSR count). The third kappa shape index (κ3) is 6.85. The number of unbranched alkanes of at least 4 members (excludes halogenated alkanes) is 1. The van der Waals surface area contributed by atoms with Crippen LogP contribution in [0.1, 0.15) is 62.3 Å². The highest BCUT2D eigenvalue weighted by molar-refractivity contribution is 5.97. The van der Waals surface area contributed by atoms with Crippen LogP contribution in [0.25, 0.3) is 22.2 Å². The lowest BCUT2D eigenvalue weighted by molar-refractivity contribution is 0.00704. The number of urea groups is 1. The summed E-state index contributed by atoms with van der Waals surface area (Å²) in [6.45, 7) is 8.44. The van der Waals surface area contributed by atoms with E-state index in [-0.39, 0.29) is 12.0 Å². The number of aromatic nitrogens is 2. The number of nitrogens with zero attached hydrogens (tertiary/aromatic N) is 3. The summed E-state index contributed by atoms with van der Waals surface area (Å²) in [5, 5.41) is 2.94.